The number of hydrogen-bond acceptors (Lipinski definition) is 3. The summed E-state index contributed by atoms with van der Waals surface area (Å²) >= 11 is 8.78. The number of hydrogen-bond donors (Lipinski definition) is 1. The van der Waals surface area contributed by atoms with Crippen LogP contribution in [0.15, 0.2) is 45.8 Å². The van der Waals surface area contributed by atoms with Crippen LogP contribution >= 0.6 is 27.5 Å². The molecule has 0 radical (unpaired) electrons. The Bertz CT molecular complexity index is 850. The summed E-state index contributed by atoms with van der Waals surface area (Å²) in [5.74, 6) is -0.556. The van der Waals surface area contributed by atoms with Crippen molar-refractivity contribution in [2.45, 2.75) is 4.90 Å². The molecule has 108 valence electrons. The highest BCUT2D eigenvalue weighted by Gasteiger charge is 2.18. The first-order chi connectivity index (χ1) is 9.83. The lowest BCUT2D eigenvalue weighted by Crippen LogP contribution is -2.13. The third-order valence-electron chi connectivity index (χ3n) is 2.52. The van der Waals surface area contributed by atoms with Crippen LogP contribution in [0.4, 0.5) is 10.1 Å². The molecule has 0 saturated heterocycles. The normalized spacial score (nSPS) is 11.0. The van der Waals surface area contributed by atoms with Gasteiger partial charge in [0.05, 0.1) is 16.3 Å². The van der Waals surface area contributed by atoms with E-state index < -0.39 is 15.8 Å². The van der Waals surface area contributed by atoms with Gasteiger partial charge in [0.15, 0.2) is 0 Å². The number of anilines is 1. The molecule has 4 nitrogen and oxygen atoms in total. The third kappa shape index (κ3) is 3.53. The fraction of sp³-hybridized carbons (Fsp3) is 0. The molecular formula is C13H7BrClFN2O2S. The van der Waals surface area contributed by atoms with Gasteiger partial charge in [0.25, 0.3) is 10.0 Å². The van der Waals surface area contributed by atoms with E-state index in [-0.39, 0.29) is 25.6 Å². The lowest BCUT2D eigenvalue weighted by Gasteiger charge is -2.10. The van der Waals surface area contributed by atoms with Gasteiger partial charge in [0.2, 0.25) is 0 Å². The molecule has 0 fully saturated rings. The van der Waals surface area contributed by atoms with Crippen molar-refractivity contribution in [1.29, 1.82) is 5.26 Å². The molecule has 2 aromatic carbocycles. The molecule has 0 aliphatic heterocycles. The van der Waals surface area contributed by atoms with Gasteiger partial charge in [0.1, 0.15) is 16.8 Å². The molecule has 8 heteroatoms. The smallest absolute Gasteiger partial charge is 0.263 e. The Balaban J connectivity index is 2.40. The Morgan fingerprint density at radius 2 is 1.95 bits per heavy atom. The Kier molecular flexibility index (Phi) is 4.52. The van der Waals surface area contributed by atoms with Crippen molar-refractivity contribution in [3.05, 3.63) is 57.3 Å². The molecule has 0 aliphatic carbocycles. The number of nitrogens with zero attached hydrogens (tertiary/aromatic N) is 1. The number of sulfonamides is 1. The highest BCUT2D eigenvalue weighted by atomic mass is 79.9. The van der Waals surface area contributed by atoms with Crippen molar-refractivity contribution in [2.24, 2.45) is 0 Å². The van der Waals surface area contributed by atoms with Crippen LogP contribution < -0.4 is 4.72 Å². The molecule has 0 unspecified atom stereocenters. The van der Waals surface area contributed by atoms with Crippen LogP contribution in [0.2, 0.25) is 5.02 Å². The van der Waals surface area contributed by atoms with Gasteiger partial charge in [-0.15, -0.1) is 0 Å². The van der Waals surface area contributed by atoms with E-state index >= 15 is 0 Å². The predicted molar refractivity (Wildman–Crippen MR) is 81.1 cm³/mol. The summed E-state index contributed by atoms with van der Waals surface area (Å²) in [6.07, 6.45) is 0. The number of nitriles is 1. The molecule has 0 aromatic heterocycles. The summed E-state index contributed by atoms with van der Waals surface area (Å²) in [5, 5.41) is 9.10. The predicted octanol–water partition coefficient (Wildman–Crippen LogP) is 3.91. The maximum atomic E-state index is 13.0. The third-order valence-corrected chi connectivity index (χ3v) is 5.21. The molecule has 0 atom stereocenters. The Morgan fingerprint density at radius 1 is 1.24 bits per heavy atom. The molecule has 1 N–H and O–H groups in total. The van der Waals surface area contributed by atoms with Gasteiger partial charge in [-0.2, -0.15) is 5.26 Å². The average Bonchev–Trinajstić information content (AvgIpc) is 2.40. The van der Waals surface area contributed by atoms with Crippen LogP contribution in [0, 0.1) is 17.1 Å². The Morgan fingerprint density at radius 3 is 2.57 bits per heavy atom. The van der Waals surface area contributed by atoms with Gasteiger partial charge >= 0.3 is 0 Å². The molecule has 0 bridgehead atoms. The minimum absolute atomic E-state index is 0.101. The van der Waals surface area contributed by atoms with E-state index in [0.29, 0.717) is 0 Å². The summed E-state index contributed by atoms with van der Waals surface area (Å²) in [6, 6.07) is 9.25. The second kappa shape index (κ2) is 6.02. The van der Waals surface area contributed by atoms with E-state index in [4.69, 9.17) is 16.9 Å². The quantitative estimate of drug-likeness (QED) is 0.865. The van der Waals surface area contributed by atoms with E-state index in [1.165, 1.54) is 18.2 Å². The number of halogens is 3. The van der Waals surface area contributed by atoms with Crippen LogP contribution in [-0.4, -0.2) is 8.42 Å². The summed E-state index contributed by atoms with van der Waals surface area (Å²) in [6.45, 7) is 0. The molecule has 0 amide bonds. The molecule has 0 saturated carbocycles. The highest BCUT2D eigenvalue weighted by Crippen LogP contribution is 2.26. The summed E-state index contributed by atoms with van der Waals surface area (Å²) < 4.78 is 39.9. The molecule has 0 aliphatic rings. The van der Waals surface area contributed by atoms with Gasteiger partial charge in [-0.05, 0) is 52.3 Å². The van der Waals surface area contributed by atoms with Crippen LogP contribution in [0.25, 0.3) is 0 Å². The van der Waals surface area contributed by atoms with Gasteiger partial charge in [-0.3, -0.25) is 4.72 Å². The van der Waals surface area contributed by atoms with Crippen molar-refractivity contribution in [3.63, 3.8) is 0 Å². The fourth-order valence-corrected chi connectivity index (χ4v) is 3.84. The standard InChI is InChI=1S/C13H7BrClFN2O2S/c14-11-6-9(16)1-4-13(11)21(19,20)18-10-2-3-12(15)8(5-10)7-17/h1-6,18H. The highest BCUT2D eigenvalue weighted by molar-refractivity contribution is 9.10. The molecular weight excluding hydrogens is 383 g/mol. The molecule has 2 aromatic rings. The van der Waals surface area contributed by atoms with Gasteiger partial charge in [-0.25, -0.2) is 12.8 Å². The van der Waals surface area contributed by atoms with Crippen molar-refractivity contribution in [2.75, 3.05) is 4.72 Å². The first-order valence-electron chi connectivity index (χ1n) is 5.51. The minimum atomic E-state index is -3.91. The first-order valence-corrected chi connectivity index (χ1v) is 8.16. The van der Waals surface area contributed by atoms with E-state index in [1.807, 2.05) is 6.07 Å². The van der Waals surface area contributed by atoms with E-state index in [2.05, 4.69) is 20.7 Å². The molecule has 21 heavy (non-hydrogen) atoms. The second-order valence-electron chi connectivity index (χ2n) is 3.99. The number of rotatable bonds is 3. The Labute approximate surface area is 134 Å². The van der Waals surface area contributed by atoms with Crippen molar-refractivity contribution >= 4 is 43.2 Å². The van der Waals surface area contributed by atoms with E-state index in [0.717, 1.165) is 18.2 Å². The zero-order valence-electron chi connectivity index (χ0n) is 10.3. The van der Waals surface area contributed by atoms with E-state index in [1.54, 1.807) is 0 Å². The zero-order chi connectivity index (χ0) is 15.6. The van der Waals surface area contributed by atoms with Crippen LogP contribution in [0.1, 0.15) is 5.56 Å². The summed E-state index contributed by atoms with van der Waals surface area (Å²) in [4.78, 5) is -0.114. The monoisotopic (exact) mass is 388 g/mol. The zero-order valence-corrected chi connectivity index (χ0v) is 13.4. The van der Waals surface area contributed by atoms with Crippen LogP contribution in [-0.2, 0) is 10.0 Å². The maximum Gasteiger partial charge on any atom is 0.263 e. The lowest BCUT2D eigenvalue weighted by molar-refractivity contribution is 0.599. The Hall–Kier alpha value is -1.62. The lowest BCUT2D eigenvalue weighted by atomic mass is 10.2. The fourth-order valence-electron chi connectivity index (χ4n) is 1.58. The van der Waals surface area contributed by atoms with Crippen LogP contribution in [0.5, 0.6) is 0 Å². The largest absolute Gasteiger partial charge is 0.280 e. The summed E-state index contributed by atoms with van der Waals surface area (Å²) in [5.41, 5.74) is 0.335. The number of nitrogens with one attached hydrogen (secondary N) is 1. The van der Waals surface area contributed by atoms with Crippen molar-refractivity contribution in [1.82, 2.24) is 0 Å². The van der Waals surface area contributed by atoms with Gasteiger partial charge in [0, 0.05) is 4.47 Å². The van der Waals surface area contributed by atoms with Crippen LogP contribution in [0.3, 0.4) is 0 Å². The van der Waals surface area contributed by atoms with Crippen molar-refractivity contribution in [3.8, 4) is 6.07 Å². The number of benzene rings is 2. The SMILES string of the molecule is N#Cc1cc(NS(=O)(=O)c2ccc(F)cc2Br)ccc1Cl. The molecule has 0 heterocycles. The average molecular weight is 390 g/mol. The topological polar surface area (TPSA) is 70.0 Å². The summed E-state index contributed by atoms with van der Waals surface area (Å²) in [7, 11) is -3.91. The first kappa shape index (κ1) is 15.8. The second-order valence-corrected chi connectivity index (χ2v) is 6.90. The van der Waals surface area contributed by atoms with E-state index in [9.17, 15) is 12.8 Å². The van der Waals surface area contributed by atoms with Gasteiger partial charge < -0.3 is 0 Å². The minimum Gasteiger partial charge on any atom is -0.280 e. The molecule has 0 spiro atoms. The molecule has 2 rings (SSSR count). The van der Waals surface area contributed by atoms with Gasteiger partial charge in [-0.1, -0.05) is 11.6 Å². The maximum absolute atomic E-state index is 13.0. The van der Waals surface area contributed by atoms with Crippen molar-refractivity contribution < 1.29 is 12.8 Å².